The van der Waals surface area contributed by atoms with E-state index in [1.54, 1.807) is 23.1 Å². The molecule has 0 saturated carbocycles. The van der Waals surface area contributed by atoms with Crippen molar-refractivity contribution in [2.45, 2.75) is 55.5 Å². The van der Waals surface area contributed by atoms with Crippen molar-refractivity contribution in [3.63, 3.8) is 0 Å². The number of piperidine rings is 2. The first-order chi connectivity index (χ1) is 33.6. The van der Waals surface area contributed by atoms with Crippen molar-refractivity contribution >= 4 is 64.1 Å². The van der Waals surface area contributed by atoms with Gasteiger partial charge in [0.25, 0.3) is 11.8 Å². The topological polar surface area (TPSA) is 225 Å². The maximum atomic E-state index is 13.6. The largest absolute Gasteiger partial charge is 0.457 e. The number of para-hydroxylation sites is 1. The second-order valence-corrected chi connectivity index (χ2v) is 18.4. The molecule has 69 heavy (non-hydrogen) atoms. The molecule has 9 rings (SSSR count). The summed E-state index contributed by atoms with van der Waals surface area (Å²) in [4.78, 5) is 93.4. The normalized spacial score (nSPS) is 18.8. The summed E-state index contributed by atoms with van der Waals surface area (Å²) < 4.78 is 19.2. The minimum Gasteiger partial charge on any atom is -0.457 e. The van der Waals surface area contributed by atoms with E-state index in [1.807, 2.05) is 64.2 Å². The first-order valence-corrected chi connectivity index (χ1v) is 24.3. The number of likely N-dealkylation sites (tertiary alicyclic amines) is 1. The number of piperazine rings is 1. The number of thioether (sulfide) groups is 1. The maximum absolute atomic E-state index is 13.6. The molecule has 360 valence electrons. The lowest BCUT2D eigenvalue weighted by Crippen LogP contribution is -2.54. The number of carbonyl (C=O) groups excluding carboxylic acids is 6. The number of hydrogen-bond donors (Lipinski definition) is 2. The summed E-state index contributed by atoms with van der Waals surface area (Å²) in [7, 11) is 0. The Morgan fingerprint density at radius 2 is 1.58 bits per heavy atom. The van der Waals surface area contributed by atoms with E-state index in [1.165, 1.54) is 18.1 Å². The molecule has 6 amide bonds. The Hall–Kier alpha value is -6.74. The second kappa shape index (κ2) is 21.7. The monoisotopic (exact) mass is 958 g/mol. The van der Waals surface area contributed by atoms with Crippen LogP contribution in [0.4, 0.5) is 5.82 Å². The van der Waals surface area contributed by atoms with Crippen LogP contribution in [-0.4, -0.2) is 159 Å². The highest BCUT2D eigenvalue weighted by atomic mass is 32.2. The molecular formula is C49H54N10O9S. The Kier molecular flexibility index (Phi) is 14.9. The van der Waals surface area contributed by atoms with Crippen molar-refractivity contribution < 1.29 is 43.0 Å². The summed E-state index contributed by atoms with van der Waals surface area (Å²) in [6.07, 6.45) is 4.43. The molecule has 20 heteroatoms. The molecule has 19 nitrogen and oxygen atoms in total. The number of amides is 6. The van der Waals surface area contributed by atoms with Crippen LogP contribution in [0.2, 0.25) is 0 Å². The number of imide groups is 2. The minimum atomic E-state index is -1.02. The summed E-state index contributed by atoms with van der Waals surface area (Å²) in [5.41, 5.74) is 9.09. The highest BCUT2D eigenvalue weighted by molar-refractivity contribution is 7.99. The van der Waals surface area contributed by atoms with E-state index < -0.39 is 29.7 Å². The first kappa shape index (κ1) is 47.3. The van der Waals surface area contributed by atoms with Crippen LogP contribution in [0.15, 0.2) is 84.0 Å². The van der Waals surface area contributed by atoms with Gasteiger partial charge in [-0.2, -0.15) is 5.10 Å². The van der Waals surface area contributed by atoms with E-state index in [4.69, 9.17) is 25.0 Å². The maximum Gasteiger partial charge on any atom is 0.263 e. The minimum absolute atomic E-state index is 0.0485. The van der Waals surface area contributed by atoms with E-state index in [2.05, 4.69) is 20.2 Å². The van der Waals surface area contributed by atoms with Crippen LogP contribution in [0.25, 0.3) is 22.3 Å². The van der Waals surface area contributed by atoms with E-state index in [0.29, 0.717) is 97.7 Å². The molecule has 5 aromatic rings. The third-order valence-electron chi connectivity index (χ3n) is 12.8. The van der Waals surface area contributed by atoms with Crippen molar-refractivity contribution in [3.05, 3.63) is 90.3 Å². The van der Waals surface area contributed by atoms with Crippen LogP contribution < -0.4 is 15.8 Å². The molecule has 3 fully saturated rings. The molecular weight excluding hydrogens is 905 g/mol. The Labute approximate surface area is 402 Å². The van der Waals surface area contributed by atoms with E-state index in [-0.39, 0.29) is 61.6 Å². The molecule has 0 spiro atoms. The molecule has 6 heterocycles. The number of nitrogens with zero attached hydrogens (tertiary/aromatic N) is 8. The Bertz CT molecular complexity index is 2710. The van der Waals surface area contributed by atoms with Gasteiger partial charge in [0, 0.05) is 68.3 Å². The van der Waals surface area contributed by atoms with Gasteiger partial charge in [0.05, 0.1) is 42.4 Å². The number of ether oxygens (including phenoxy) is 3. The lowest BCUT2D eigenvalue weighted by molar-refractivity contribution is -0.138. The predicted molar refractivity (Wildman–Crippen MR) is 254 cm³/mol. The summed E-state index contributed by atoms with van der Waals surface area (Å²) >= 11 is 1.37. The van der Waals surface area contributed by atoms with Crippen molar-refractivity contribution in [1.82, 2.24) is 44.7 Å². The highest BCUT2D eigenvalue weighted by Gasteiger charge is 2.45. The molecule has 4 aliphatic rings. The average molecular weight is 959 g/mol. The van der Waals surface area contributed by atoms with Gasteiger partial charge in [0.1, 0.15) is 42.0 Å². The SMILES string of the molecule is Nc1ncnc2c1c(-c1ccc(Oc3ccccc3)cc1)nn2C1CCCN(C(=O)CCCN2CCN(C(=O)COCCOCCSc3cccc4c3C(=O)N(C3CCC(=O)NC3=O)C4=O)CC2)C1. The zero-order valence-corrected chi connectivity index (χ0v) is 38.9. The molecule has 2 unspecified atom stereocenters. The van der Waals surface area contributed by atoms with Crippen LogP contribution in [-0.2, 0) is 28.7 Å². The summed E-state index contributed by atoms with van der Waals surface area (Å²) in [5, 5.41) is 7.93. The molecule has 3 aromatic carbocycles. The third-order valence-corrected chi connectivity index (χ3v) is 13.8. The standard InChI is InChI=1S/C49H54N10O9S/c50-45-43-44(32-13-15-35(16-14-32)68-34-8-2-1-3-9-34)54-59(46(43)52-31-51-45)33-7-5-20-57(29-33)40(61)12-6-19-55-21-23-56(24-22-55)41(62)30-67-26-25-66-27-28-69-38-11-4-10-36-42(38)49(65)58(48(36)64)37-17-18-39(60)53-47(37)63/h1-4,8-11,13-16,31,33,37H,5-7,12,17-30H2,(H2,50,51,52)(H,53,60,63). The number of fused-ring (bicyclic) bond motifs is 2. The Balaban J connectivity index is 0.660. The first-order valence-electron chi connectivity index (χ1n) is 23.4. The van der Waals surface area contributed by atoms with Crippen molar-refractivity contribution in [2.24, 2.45) is 0 Å². The number of anilines is 1. The van der Waals surface area contributed by atoms with Crippen LogP contribution >= 0.6 is 11.8 Å². The highest BCUT2D eigenvalue weighted by Crippen LogP contribution is 2.36. The second-order valence-electron chi connectivity index (χ2n) is 17.3. The number of nitrogens with two attached hydrogens (primary N) is 1. The fraction of sp³-hybridized carbons (Fsp3) is 0.408. The molecule has 0 aliphatic carbocycles. The van der Waals surface area contributed by atoms with Crippen molar-refractivity contribution in [1.29, 1.82) is 0 Å². The van der Waals surface area contributed by atoms with Crippen molar-refractivity contribution in [3.8, 4) is 22.8 Å². The van der Waals surface area contributed by atoms with Gasteiger partial charge in [-0.1, -0.05) is 24.3 Å². The summed E-state index contributed by atoms with van der Waals surface area (Å²) in [5.74, 6) is 0.158. The van der Waals surface area contributed by atoms with Gasteiger partial charge in [0.15, 0.2) is 5.65 Å². The Morgan fingerprint density at radius 1 is 0.797 bits per heavy atom. The van der Waals surface area contributed by atoms with Crippen molar-refractivity contribution in [2.75, 3.05) is 83.7 Å². The number of aromatic nitrogens is 4. The summed E-state index contributed by atoms with van der Waals surface area (Å²) in [6, 6.07) is 21.2. The number of nitrogen functional groups attached to an aromatic ring is 1. The third kappa shape index (κ3) is 10.8. The molecule has 2 atom stereocenters. The average Bonchev–Trinajstić information content (AvgIpc) is 3.88. The number of rotatable bonds is 18. The van der Waals surface area contributed by atoms with E-state index in [9.17, 15) is 28.8 Å². The zero-order valence-electron chi connectivity index (χ0n) is 38.1. The lowest BCUT2D eigenvalue weighted by Gasteiger charge is -2.35. The zero-order chi connectivity index (χ0) is 47.9. The van der Waals surface area contributed by atoms with E-state index in [0.717, 1.165) is 35.6 Å². The van der Waals surface area contributed by atoms with Crippen LogP contribution in [0.3, 0.4) is 0 Å². The summed E-state index contributed by atoms with van der Waals surface area (Å²) in [6.45, 7) is 5.38. The predicted octanol–water partition coefficient (Wildman–Crippen LogP) is 4.18. The van der Waals surface area contributed by atoms with Gasteiger partial charge in [-0.15, -0.1) is 11.8 Å². The molecule has 0 bridgehead atoms. The number of benzene rings is 3. The van der Waals surface area contributed by atoms with Gasteiger partial charge in [0.2, 0.25) is 23.6 Å². The lowest BCUT2D eigenvalue weighted by atomic mass is 10.0. The van der Waals surface area contributed by atoms with Gasteiger partial charge < -0.3 is 29.7 Å². The Morgan fingerprint density at radius 3 is 2.38 bits per heavy atom. The number of nitrogens with one attached hydrogen (secondary N) is 1. The van der Waals surface area contributed by atoms with E-state index >= 15 is 0 Å². The molecule has 3 saturated heterocycles. The molecule has 2 aromatic heterocycles. The molecule has 0 radical (unpaired) electrons. The smallest absolute Gasteiger partial charge is 0.263 e. The number of hydrogen-bond acceptors (Lipinski definition) is 15. The number of carbonyl (C=O) groups is 6. The van der Waals surface area contributed by atoms with Gasteiger partial charge in [-0.3, -0.25) is 43.9 Å². The molecule has 4 aliphatic heterocycles. The van der Waals surface area contributed by atoms with Crippen LogP contribution in [0.5, 0.6) is 11.5 Å². The molecule has 3 N–H and O–H groups in total. The van der Waals surface area contributed by atoms with Crippen LogP contribution in [0.1, 0.15) is 65.3 Å². The van der Waals surface area contributed by atoms with Gasteiger partial charge >= 0.3 is 0 Å². The fourth-order valence-electron chi connectivity index (χ4n) is 9.26. The fourth-order valence-corrected chi connectivity index (χ4v) is 10.2. The van der Waals surface area contributed by atoms with Gasteiger partial charge in [-0.25, -0.2) is 14.6 Å². The van der Waals surface area contributed by atoms with Gasteiger partial charge in [-0.05, 0) is 80.8 Å². The van der Waals surface area contributed by atoms with Crippen LogP contribution in [0, 0.1) is 0 Å². The quantitative estimate of drug-likeness (QED) is 0.0714.